The summed E-state index contributed by atoms with van der Waals surface area (Å²) in [5.74, 6) is -0.171. The van der Waals surface area contributed by atoms with Gasteiger partial charge in [-0.3, -0.25) is 4.79 Å². The maximum atomic E-state index is 11.8. The van der Waals surface area contributed by atoms with Crippen LogP contribution in [-0.2, 0) is 19.0 Å². The Kier molecular flexibility index (Phi) is 5.68. The molecule has 1 aliphatic rings. The molecule has 6 heteroatoms. The highest BCUT2D eigenvalue weighted by atomic mass is 16.6. The number of likely N-dealkylation sites (N-methyl/N-ethyl adjacent to an activating group) is 1. The molecule has 2 unspecified atom stereocenters. The van der Waals surface area contributed by atoms with E-state index in [-0.39, 0.29) is 25.7 Å². The predicted molar refractivity (Wildman–Crippen MR) is 56.1 cm³/mol. The number of nitrogens with zero attached hydrogens (tertiary/aromatic N) is 1. The Bertz CT molecular complexity index is 217. The summed E-state index contributed by atoms with van der Waals surface area (Å²) in [7, 11) is 3.13. The van der Waals surface area contributed by atoms with Gasteiger partial charge in [0, 0.05) is 20.7 Å². The lowest BCUT2D eigenvalue weighted by molar-refractivity contribution is -0.158. The molecular formula is C10H19NO5. The maximum absolute atomic E-state index is 11.8. The average molecular weight is 233 g/mol. The summed E-state index contributed by atoms with van der Waals surface area (Å²) >= 11 is 0. The van der Waals surface area contributed by atoms with Crippen LogP contribution in [0.5, 0.6) is 0 Å². The quantitative estimate of drug-likeness (QED) is 0.650. The Hall–Kier alpha value is -0.690. The summed E-state index contributed by atoms with van der Waals surface area (Å²) in [6.45, 7) is 1.68. The monoisotopic (exact) mass is 233 g/mol. The van der Waals surface area contributed by atoms with Gasteiger partial charge in [-0.15, -0.1) is 0 Å². The van der Waals surface area contributed by atoms with Crippen molar-refractivity contribution in [3.8, 4) is 0 Å². The van der Waals surface area contributed by atoms with Crippen molar-refractivity contribution in [3.05, 3.63) is 0 Å². The molecule has 2 atom stereocenters. The Balaban J connectivity index is 2.34. The summed E-state index contributed by atoms with van der Waals surface area (Å²) in [5, 5.41) is 9.48. The summed E-state index contributed by atoms with van der Waals surface area (Å²) in [6, 6.07) is 0. The molecule has 0 spiro atoms. The molecule has 16 heavy (non-hydrogen) atoms. The van der Waals surface area contributed by atoms with Crippen molar-refractivity contribution in [2.75, 3.05) is 47.1 Å². The number of ether oxygens (including phenoxy) is 3. The van der Waals surface area contributed by atoms with Crippen molar-refractivity contribution in [2.24, 2.45) is 0 Å². The lowest BCUT2D eigenvalue weighted by Crippen LogP contribution is -2.46. The molecule has 0 saturated carbocycles. The number of aliphatic hydroxyl groups is 1. The van der Waals surface area contributed by atoms with Gasteiger partial charge in [-0.1, -0.05) is 0 Å². The molecule has 6 nitrogen and oxygen atoms in total. The van der Waals surface area contributed by atoms with Crippen LogP contribution >= 0.6 is 0 Å². The maximum Gasteiger partial charge on any atom is 0.253 e. The standard InChI is InChI=1S/C10H19NO5/c1-11(5-8(12)6-14-2)10(13)9-7-15-3-4-16-9/h8-9,12H,3-7H2,1-2H3. The normalized spacial score (nSPS) is 22.8. The highest BCUT2D eigenvalue weighted by molar-refractivity contribution is 5.80. The molecule has 1 rings (SSSR count). The van der Waals surface area contributed by atoms with Gasteiger partial charge in [-0.25, -0.2) is 0 Å². The molecule has 1 amide bonds. The van der Waals surface area contributed by atoms with E-state index in [1.54, 1.807) is 7.05 Å². The van der Waals surface area contributed by atoms with Crippen LogP contribution < -0.4 is 0 Å². The molecule has 0 aromatic rings. The van der Waals surface area contributed by atoms with Gasteiger partial charge in [-0.05, 0) is 0 Å². The number of amides is 1. The van der Waals surface area contributed by atoms with Gasteiger partial charge in [0.05, 0.1) is 32.5 Å². The number of carbonyl (C=O) groups excluding carboxylic acids is 1. The van der Waals surface area contributed by atoms with Gasteiger partial charge >= 0.3 is 0 Å². The van der Waals surface area contributed by atoms with Crippen molar-refractivity contribution in [3.63, 3.8) is 0 Å². The molecule has 1 N–H and O–H groups in total. The van der Waals surface area contributed by atoms with E-state index >= 15 is 0 Å². The van der Waals surface area contributed by atoms with Crippen LogP contribution in [0.15, 0.2) is 0 Å². The first-order valence-corrected chi connectivity index (χ1v) is 5.26. The summed E-state index contributed by atoms with van der Waals surface area (Å²) in [5.41, 5.74) is 0. The highest BCUT2D eigenvalue weighted by Crippen LogP contribution is 2.05. The SMILES string of the molecule is COCC(O)CN(C)C(=O)C1COCCO1. The molecular weight excluding hydrogens is 214 g/mol. The number of hydrogen-bond acceptors (Lipinski definition) is 5. The predicted octanol–water partition coefficient (Wildman–Crippen LogP) is -1.13. The number of hydrogen-bond donors (Lipinski definition) is 1. The van der Waals surface area contributed by atoms with Crippen molar-refractivity contribution < 1.29 is 24.1 Å². The van der Waals surface area contributed by atoms with Crippen LogP contribution in [0, 0.1) is 0 Å². The lowest BCUT2D eigenvalue weighted by atomic mass is 10.2. The molecule has 1 saturated heterocycles. The van der Waals surface area contributed by atoms with Crippen molar-refractivity contribution >= 4 is 5.91 Å². The van der Waals surface area contributed by atoms with Gasteiger partial charge in [0.2, 0.25) is 0 Å². The fraction of sp³-hybridized carbons (Fsp3) is 0.900. The summed E-state index contributed by atoms with van der Waals surface area (Å²) < 4.78 is 15.2. The number of aliphatic hydroxyl groups excluding tert-OH is 1. The van der Waals surface area contributed by atoms with E-state index in [2.05, 4.69) is 0 Å². The Morgan fingerprint density at radius 1 is 1.62 bits per heavy atom. The second kappa shape index (κ2) is 6.80. The molecule has 0 aliphatic carbocycles. The van der Waals surface area contributed by atoms with Gasteiger partial charge in [-0.2, -0.15) is 0 Å². The Labute approximate surface area is 95.1 Å². The van der Waals surface area contributed by atoms with Crippen molar-refractivity contribution in [1.82, 2.24) is 4.90 Å². The minimum atomic E-state index is -0.677. The lowest BCUT2D eigenvalue weighted by Gasteiger charge is -2.27. The molecule has 1 fully saturated rings. The number of carbonyl (C=O) groups is 1. The van der Waals surface area contributed by atoms with E-state index in [0.29, 0.717) is 13.2 Å². The molecule has 0 radical (unpaired) electrons. The molecule has 94 valence electrons. The van der Waals surface area contributed by atoms with Crippen LogP contribution in [0.3, 0.4) is 0 Å². The average Bonchev–Trinajstić information content (AvgIpc) is 2.29. The van der Waals surface area contributed by atoms with Gasteiger partial charge in [0.25, 0.3) is 5.91 Å². The van der Waals surface area contributed by atoms with E-state index < -0.39 is 12.2 Å². The fourth-order valence-corrected chi connectivity index (χ4v) is 1.53. The first kappa shape index (κ1) is 13.4. The van der Waals surface area contributed by atoms with Gasteiger partial charge < -0.3 is 24.2 Å². The number of methoxy groups -OCH3 is 1. The van der Waals surface area contributed by atoms with Crippen LogP contribution in [0.4, 0.5) is 0 Å². The van der Waals surface area contributed by atoms with E-state index in [1.165, 1.54) is 12.0 Å². The third-order valence-electron chi connectivity index (χ3n) is 2.31. The molecule has 0 aromatic carbocycles. The highest BCUT2D eigenvalue weighted by Gasteiger charge is 2.26. The van der Waals surface area contributed by atoms with Crippen LogP contribution in [0.25, 0.3) is 0 Å². The van der Waals surface area contributed by atoms with E-state index in [9.17, 15) is 9.90 Å². The van der Waals surface area contributed by atoms with Crippen LogP contribution in [-0.4, -0.2) is 75.3 Å². The van der Waals surface area contributed by atoms with Gasteiger partial charge in [0.15, 0.2) is 6.10 Å². The van der Waals surface area contributed by atoms with Gasteiger partial charge in [0.1, 0.15) is 0 Å². The minimum Gasteiger partial charge on any atom is -0.389 e. The Morgan fingerprint density at radius 2 is 2.38 bits per heavy atom. The second-order valence-corrected chi connectivity index (χ2v) is 3.76. The summed E-state index contributed by atoms with van der Waals surface area (Å²) in [4.78, 5) is 13.2. The zero-order chi connectivity index (χ0) is 12.0. The smallest absolute Gasteiger partial charge is 0.253 e. The van der Waals surface area contributed by atoms with Crippen LogP contribution in [0.2, 0.25) is 0 Å². The second-order valence-electron chi connectivity index (χ2n) is 3.76. The van der Waals surface area contributed by atoms with Crippen LogP contribution in [0.1, 0.15) is 0 Å². The third-order valence-corrected chi connectivity index (χ3v) is 2.31. The molecule has 1 heterocycles. The number of rotatable bonds is 5. The third kappa shape index (κ3) is 4.05. The van der Waals surface area contributed by atoms with Crippen molar-refractivity contribution in [2.45, 2.75) is 12.2 Å². The van der Waals surface area contributed by atoms with E-state index in [0.717, 1.165) is 0 Å². The molecule has 1 aliphatic heterocycles. The zero-order valence-electron chi connectivity index (χ0n) is 9.72. The Morgan fingerprint density at radius 3 is 2.94 bits per heavy atom. The first-order valence-electron chi connectivity index (χ1n) is 5.26. The first-order chi connectivity index (χ1) is 7.65. The topological polar surface area (TPSA) is 68.2 Å². The fourth-order valence-electron chi connectivity index (χ4n) is 1.53. The summed E-state index contributed by atoms with van der Waals surface area (Å²) in [6.07, 6.45) is -1.23. The van der Waals surface area contributed by atoms with E-state index in [1.807, 2.05) is 0 Å². The van der Waals surface area contributed by atoms with Crippen molar-refractivity contribution in [1.29, 1.82) is 0 Å². The molecule has 0 aromatic heterocycles. The zero-order valence-corrected chi connectivity index (χ0v) is 9.72. The van der Waals surface area contributed by atoms with E-state index in [4.69, 9.17) is 14.2 Å². The minimum absolute atomic E-state index is 0.171. The largest absolute Gasteiger partial charge is 0.389 e. The molecule has 0 bridgehead atoms.